The molecule has 0 radical (unpaired) electrons. The molecule has 0 saturated carbocycles. The van der Waals surface area contributed by atoms with Crippen molar-refractivity contribution in [1.29, 1.82) is 0 Å². The molecule has 3 N–H and O–H groups in total. The number of hydrogen-bond acceptors (Lipinski definition) is 3. The van der Waals surface area contributed by atoms with Crippen LogP contribution in [0.15, 0.2) is 18.2 Å². The minimum absolute atomic E-state index is 0.394. The molecule has 1 aromatic carbocycles. The van der Waals surface area contributed by atoms with Crippen LogP contribution in [0.2, 0.25) is 0 Å². The molecule has 1 rings (SSSR count). The molecule has 0 heterocycles. The van der Waals surface area contributed by atoms with E-state index in [9.17, 15) is 4.79 Å². The third-order valence-corrected chi connectivity index (χ3v) is 2.90. The van der Waals surface area contributed by atoms with Gasteiger partial charge in [0.25, 0.3) is 0 Å². The van der Waals surface area contributed by atoms with Crippen molar-refractivity contribution < 1.29 is 9.53 Å². The van der Waals surface area contributed by atoms with Crippen molar-refractivity contribution in [2.45, 2.75) is 52.6 Å². The van der Waals surface area contributed by atoms with Gasteiger partial charge < -0.3 is 15.8 Å². The number of nitrogens with one attached hydrogen (secondary N) is 1. The molecule has 0 fully saturated rings. The fraction of sp³-hybridized carbons (Fsp3) is 0.562. The summed E-state index contributed by atoms with van der Waals surface area (Å²) < 4.78 is 5.18. The first kappa shape index (κ1) is 16.3. The highest BCUT2D eigenvalue weighted by Gasteiger charge is 2.15. The Morgan fingerprint density at radius 2 is 2.00 bits per heavy atom. The van der Waals surface area contributed by atoms with E-state index in [0.29, 0.717) is 18.9 Å². The smallest absolute Gasteiger partial charge is 0.407 e. The van der Waals surface area contributed by atoms with E-state index < -0.39 is 11.7 Å². The minimum atomic E-state index is -0.470. The molecular weight excluding hydrogens is 252 g/mol. The Hall–Kier alpha value is -1.71. The second-order valence-electron chi connectivity index (χ2n) is 6.29. The SMILES string of the molecule is CC(C)c1ccc(CCNC(=O)OC(C)(C)C)c(N)c1. The normalized spacial score (nSPS) is 11.5. The lowest BCUT2D eigenvalue weighted by Gasteiger charge is -2.19. The summed E-state index contributed by atoms with van der Waals surface area (Å²) >= 11 is 0. The van der Waals surface area contributed by atoms with Gasteiger partial charge in [0.2, 0.25) is 0 Å². The number of alkyl carbamates (subject to hydrolysis) is 1. The fourth-order valence-corrected chi connectivity index (χ4v) is 1.81. The third kappa shape index (κ3) is 5.51. The van der Waals surface area contributed by atoms with Crippen LogP contribution in [0.1, 0.15) is 51.7 Å². The zero-order valence-corrected chi connectivity index (χ0v) is 13.1. The van der Waals surface area contributed by atoms with Gasteiger partial charge in [-0.05, 0) is 50.3 Å². The summed E-state index contributed by atoms with van der Waals surface area (Å²) in [5.41, 5.74) is 8.62. The molecule has 1 aromatic rings. The van der Waals surface area contributed by atoms with Crippen molar-refractivity contribution in [2.24, 2.45) is 0 Å². The van der Waals surface area contributed by atoms with Gasteiger partial charge >= 0.3 is 6.09 Å². The van der Waals surface area contributed by atoms with Crippen LogP contribution in [0.25, 0.3) is 0 Å². The molecule has 0 aliphatic heterocycles. The Balaban J connectivity index is 2.48. The van der Waals surface area contributed by atoms with Gasteiger partial charge in [0.15, 0.2) is 0 Å². The molecule has 4 nitrogen and oxygen atoms in total. The lowest BCUT2D eigenvalue weighted by Crippen LogP contribution is -2.33. The van der Waals surface area contributed by atoms with Gasteiger partial charge in [0.05, 0.1) is 0 Å². The van der Waals surface area contributed by atoms with Gasteiger partial charge in [-0.2, -0.15) is 0 Å². The van der Waals surface area contributed by atoms with Crippen LogP contribution in [-0.4, -0.2) is 18.2 Å². The Bertz CT molecular complexity index is 462. The standard InChI is InChI=1S/C16H26N2O2/c1-11(2)13-7-6-12(14(17)10-13)8-9-18-15(19)20-16(3,4)5/h6-7,10-11H,8-9,17H2,1-5H3,(H,18,19). The third-order valence-electron chi connectivity index (χ3n) is 2.90. The first-order valence-electron chi connectivity index (χ1n) is 7.04. The van der Waals surface area contributed by atoms with Gasteiger partial charge in [-0.1, -0.05) is 26.0 Å². The number of nitrogen functional groups attached to an aromatic ring is 1. The van der Waals surface area contributed by atoms with Gasteiger partial charge in [0, 0.05) is 12.2 Å². The number of nitrogens with two attached hydrogens (primary N) is 1. The molecule has 112 valence electrons. The van der Waals surface area contributed by atoms with Crippen molar-refractivity contribution in [3.05, 3.63) is 29.3 Å². The van der Waals surface area contributed by atoms with E-state index in [1.165, 1.54) is 5.56 Å². The van der Waals surface area contributed by atoms with E-state index in [4.69, 9.17) is 10.5 Å². The van der Waals surface area contributed by atoms with E-state index in [0.717, 1.165) is 11.3 Å². The summed E-state index contributed by atoms with van der Waals surface area (Å²) in [6.07, 6.45) is 0.304. The van der Waals surface area contributed by atoms with Crippen molar-refractivity contribution in [3.8, 4) is 0 Å². The Morgan fingerprint density at radius 1 is 1.35 bits per heavy atom. The highest BCUT2D eigenvalue weighted by Crippen LogP contribution is 2.20. The summed E-state index contributed by atoms with van der Waals surface area (Å²) in [5.74, 6) is 0.464. The highest BCUT2D eigenvalue weighted by molar-refractivity contribution is 5.67. The lowest BCUT2D eigenvalue weighted by atomic mass is 9.99. The number of hydrogen-bond donors (Lipinski definition) is 2. The van der Waals surface area contributed by atoms with Gasteiger partial charge in [-0.3, -0.25) is 0 Å². The molecule has 4 heteroatoms. The molecule has 0 saturated heterocycles. The maximum Gasteiger partial charge on any atom is 0.407 e. The molecule has 0 aromatic heterocycles. The van der Waals surface area contributed by atoms with Crippen molar-refractivity contribution >= 4 is 11.8 Å². The number of anilines is 1. The average molecular weight is 278 g/mol. The van der Waals surface area contributed by atoms with Crippen molar-refractivity contribution in [2.75, 3.05) is 12.3 Å². The van der Waals surface area contributed by atoms with Crippen LogP contribution in [0.4, 0.5) is 10.5 Å². The maximum absolute atomic E-state index is 11.5. The van der Waals surface area contributed by atoms with Crippen molar-refractivity contribution in [1.82, 2.24) is 5.32 Å². The average Bonchev–Trinajstić information content (AvgIpc) is 2.28. The summed E-state index contributed by atoms with van der Waals surface area (Å²) in [4.78, 5) is 11.5. The van der Waals surface area contributed by atoms with Crippen molar-refractivity contribution in [3.63, 3.8) is 0 Å². The number of carbonyl (C=O) groups excluding carboxylic acids is 1. The van der Waals surface area contributed by atoms with Gasteiger partial charge in [-0.15, -0.1) is 0 Å². The molecular formula is C16H26N2O2. The first-order valence-corrected chi connectivity index (χ1v) is 7.04. The molecule has 0 atom stereocenters. The monoisotopic (exact) mass is 278 g/mol. The second-order valence-corrected chi connectivity index (χ2v) is 6.29. The topological polar surface area (TPSA) is 64.3 Å². The summed E-state index contributed by atoms with van der Waals surface area (Å²) in [7, 11) is 0. The Labute approximate surface area is 121 Å². The number of benzene rings is 1. The predicted molar refractivity (Wildman–Crippen MR) is 82.9 cm³/mol. The summed E-state index contributed by atoms with van der Waals surface area (Å²) in [6.45, 7) is 10.3. The molecule has 20 heavy (non-hydrogen) atoms. The number of carbonyl (C=O) groups is 1. The molecule has 1 amide bonds. The summed E-state index contributed by atoms with van der Waals surface area (Å²) in [6, 6.07) is 6.12. The number of amides is 1. The zero-order chi connectivity index (χ0) is 15.3. The molecule has 0 unspecified atom stereocenters. The van der Waals surface area contributed by atoms with Gasteiger partial charge in [0.1, 0.15) is 5.60 Å². The quantitative estimate of drug-likeness (QED) is 0.829. The second kappa shape index (κ2) is 6.64. The lowest BCUT2D eigenvalue weighted by molar-refractivity contribution is 0.0528. The maximum atomic E-state index is 11.5. The van der Waals surface area contributed by atoms with Crippen LogP contribution in [0.3, 0.4) is 0 Å². The van der Waals surface area contributed by atoms with Crippen LogP contribution in [0, 0.1) is 0 Å². The van der Waals surface area contributed by atoms with E-state index in [2.05, 4.69) is 25.2 Å². The van der Waals surface area contributed by atoms with E-state index in [1.54, 1.807) is 0 Å². The predicted octanol–water partition coefficient (Wildman–Crippen LogP) is 3.46. The molecule has 0 aliphatic rings. The van der Waals surface area contributed by atoms with Crippen LogP contribution in [-0.2, 0) is 11.2 Å². The molecule has 0 aliphatic carbocycles. The van der Waals surface area contributed by atoms with Crippen LogP contribution >= 0.6 is 0 Å². The van der Waals surface area contributed by atoms with Gasteiger partial charge in [-0.25, -0.2) is 4.79 Å². The van der Waals surface area contributed by atoms with Crippen LogP contribution in [0.5, 0.6) is 0 Å². The Kier molecular flexibility index (Phi) is 5.43. The first-order chi connectivity index (χ1) is 9.19. The number of ether oxygens (including phenoxy) is 1. The minimum Gasteiger partial charge on any atom is -0.444 e. The largest absolute Gasteiger partial charge is 0.444 e. The molecule has 0 bridgehead atoms. The highest BCUT2D eigenvalue weighted by atomic mass is 16.6. The fourth-order valence-electron chi connectivity index (χ4n) is 1.81. The van der Waals surface area contributed by atoms with E-state index in [-0.39, 0.29) is 0 Å². The summed E-state index contributed by atoms with van der Waals surface area (Å²) in [5, 5.41) is 2.74. The van der Waals surface area contributed by atoms with E-state index >= 15 is 0 Å². The Morgan fingerprint density at radius 3 is 2.50 bits per heavy atom. The zero-order valence-electron chi connectivity index (χ0n) is 13.1. The van der Waals surface area contributed by atoms with E-state index in [1.807, 2.05) is 32.9 Å². The number of rotatable bonds is 4. The van der Waals surface area contributed by atoms with Crippen LogP contribution < -0.4 is 11.1 Å². The molecule has 0 spiro atoms.